The van der Waals surface area contributed by atoms with Gasteiger partial charge in [-0.2, -0.15) is 0 Å². The Bertz CT molecular complexity index is 1720. The molecule has 1 aromatic heterocycles. The van der Waals surface area contributed by atoms with Gasteiger partial charge in [-0.25, -0.2) is 0 Å². The predicted octanol–water partition coefficient (Wildman–Crippen LogP) is 6.91. The van der Waals surface area contributed by atoms with Crippen molar-refractivity contribution in [1.82, 2.24) is 0 Å². The van der Waals surface area contributed by atoms with Crippen LogP contribution >= 0.6 is 34.5 Å². The summed E-state index contributed by atoms with van der Waals surface area (Å²) >= 11 is 14.2. The quantitative estimate of drug-likeness (QED) is 0.271. The maximum atomic E-state index is 14.7. The van der Waals surface area contributed by atoms with Crippen LogP contribution in [0.2, 0.25) is 10.0 Å². The van der Waals surface area contributed by atoms with Crippen LogP contribution in [0.25, 0.3) is 6.08 Å². The molecule has 4 aromatic rings. The normalized spacial score (nSPS) is 24.3. The van der Waals surface area contributed by atoms with Crippen molar-refractivity contribution in [3.05, 3.63) is 122 Å². The number of rotatable bonds is 4. The largest absolute Gasteiger partial charge is 0.352 e. The second kappa shape index (κ2) is 8.91. The van der Waals surface area contributed by atoms with Crippen LogP contribution in [0, 0.1) is 5.92 Å². The van der Waals surface area contributed by atoms with E-state index in [1.165, 1.54) is 11.3 Å². The zero-order valence-electron chi connectivity index (χ0n) is 20.3. The number of Topliss-reactive ketones (excluding diaryl/α,β-unsaturated/α-hetero) is 2. The lowest BCUT2D eigenvalue weighted by molar-refractivity contribution is -0.121. The Morgan fingerprint density at radius 1 is 0.923 bits per heavy atom. The van der Waals surface area contributed by atoms with Crippen molar-refractivity contribution < 1.29 is 14.4 Å². The first-order valence-electron chi connectivity index (χ1n) is 12.5. The molecule has 3 aliphatic heterocycles. The molecule has 0 radical (unpaired) electrons. The lowest BCUT2D eigenvalue weighted by Gasteiger charge is -2.37. The highest BCUT2D eigenvalue weighted by molar-refractivity contribution is 7.12. The molecule has 1 saturated heterocycles. The summed E-state index contributed by atoms with van der Waals surface area (Å²) in [5, 5.41) is 5.69. The summed E-state index contributed by atoms with van der Waals surface area (Å²) in [6, 6.07) is 21.7. The number of halogens is 2. The molecule has 192 valence electrons. The van der Waals surface area contributed by atoms with Crippen LogP contribution < -0.4 is 10.2 Å². The molecule has 7 rings (SSSR count). The first kappa shape index (κ1) is 24.3. The van der Waals surface area contributed by atoms with E-state index in [1.807, 2.05) is 64.9 Å². The van der Waals surface area contributed by atoms with Crippen LogP contribution in [0.5, 0.6) is 0 Å². The van der Waals surface area contributed by atoms with E-state index < -0.39 is 23.4 Å². The van der Waals surface area contributed by atoms with Gasteiger partial charge in [0.15, 0.2) is 11.6 Å². The number of nitrogens with one attached hydrogen (secondary N) is 1. The fraction of sp³-hybridized carbons (Fsp3) is 0.129. The summed E-state index contributed by atoms with van der Waals surface area (Å²) in [5.41, 5.74) is 1.80. The molecule has 0 bridgehead atoms. The summed E-state index contributed by atoms with van der Waals surface area (Å²) < 4.78 is 0. The number of ketones is 2. The molecule has 4 heterocycles. The van der Waals surface area contributed by atoms with E-state index in [1.54, 1.807) is 36.4 Å². The van der Waals surface area contributed by atoms with Gasteiger partial charge >= 0.3 is 0 Å². The number of carbonyl (C=O) groups is 3. The highest BCUT2D eigenvalue weighted by Gasteiger charge is 2.70. The van der Waals surface area contributed by atoms with E-state index in [2.05, 4.69) is 5.32 Å². The Morgan fingerprint density at radius 3 is 2.51 bits per heavy atom. The van der Waals surface area contributed by atoms with Crippen molar-refractivity contribution in [3.8, 4) is 0 Å². The summed E-state index contributed by atoms with van der Waals surface area (Å²) in [4.78, 5) is 45.9. The lowest BCUT2D eigenvalue weighted by Crippen LogP contribution is -2.51. The molecule has 3 aliphatic rings. The minimum absolute atomic E-state index is 0.217. The second-order valence-corrected chi connectivity index (χ2v) is 11.7. The van der Waals surface area contributed by atoms with Gasteiger partial charge in [0.05, 0.1) is 21.9 Å². The number of anilines is 2. The van der Waals surface area contributed by atoms with E-state index in [4.69, 9.17) is 23.2 Å². The third-order valence-electron chi connectivity index (χ3n) is 8.05. The number of para-hydroxylation sites is 1. The fourth-order valence-corrected chi connectivity index (χ4v) is 7.65. The zero-order valence-corrected chi connectivity index (χ0v) is 22.6. The molecule has 8 heteroatoms. The van der Waals surface area contributed by atoms with Gasteiger partial charge in [-0.05, 0) is 59.0 Å². The monoisotopic (exact) mass is 570 g/mol. The van der Waals surface area contributed by atoms with Gasteiger partial charge in [0.2, 0.25) is 5.91 Å². The molecule has 4 unspecified atom stereocenters. The smallest absolute Gasteiger partial charge is 0.238 e. The Kier molecular flexibility index (Phi) is 5.56. The van der Waals surface area contributed by atoms with E-state index >= 15 is 0 Å². The molecule has 1 N–H and O–H groups in total. The fourth-order valence-electron chi connectivity index (χ4n) is 6.54. The molecular formula is C31H20Cl2N2O3S. The van der Waals surface area contributed by atoms with Gasteiger partial charge in [0.25, 0.3) is 0 Å². The van der Waals surface area contributed by atoms with E-state index in [-0.39, 0.29) is 28.1 Å². The van der Waals surface area contributed by atoms with Crippen LogP contribution in [0.15, 0.2) is 90.3 Å². The van der Waals surface area contributed by atoms with E-state index in [9.17, 15) is 14.4 Å². The van der Waals surface area contributed by atoms with Crippen molar-refractivity contribution in [2.45, 2.75) is 17.5 Å². The summed E-state index contributed by atoms with van der Waals surface area (Å²) in [5.74, 6) is -1.94. The third-order valence-corrected chi connectivity index (χ3v) is 9.50. The molecule has 0 saturated carbocycles. The number of nitrogens with zero attached hydrogens (tertiary/aromatic N) is 1. The van der Waals surface area contributed by atoms with Crippen molar-refractivity contribution in [1.29, 1.82) is 0 Å². The minimum Gasteiger partial charge on any atom is -0.352 e. The Labute approximate surface area is 238 Å². The van der Waals surface area contributed by atoms with E-state index in [0.717, 1.165) is 11.3 Å². The average molecular weight is 571 g/mol. The molecule has 4 atom stereocenters. The van der Waals surface area contributed by atoms with Crippen molar-refractivity contribution in [2.75, 3.05) is 10.2 Å². The van der Waals surface area contributed by atoms with E-state index in [0.29, 0.717) is 21.2 Å². The number of carbonyl (C=O) groups excluding carboxylic acids is 3. The van der Waals surface area contributed by atoms with Gasteiger partial charge in [0, 0.05) is 22.0 Å². The van der Waals surface area contributed by atoms with Crippen molar-refractivity contribution in [2.24, 2.45) is 5.92 Å². The Hall–Kier alpha value is -3.71. The second-order valence-electron chi connectivity index (χ2n) is 9.89. The summed E-state index contributed by atoms with van der Waals surface area (Å²) in [7, 11) is 0. The molecule has 3 aromatic carbocycles. The third kappa shape index (κ3) is 3.35. The van der Waals surface area contributed by atoms with Crippen LogP contribution in [-0.4, -0.2) is 29.6 Å². The Morgan fingerprint density at radius 2 is 1.72 bits per heavy atom. The Balaban J connectivity index is 1.56. The number of amides is 1. The topological polar surface area (TPSA) is 66.5 Å². The maximum absolute atomic E-state index is 14.7. The number of thiophene rings is 1. The standard InChI is InChI=1S/C31H20Cl2N2O3S/c32-18-12-13-23-17(16-18)11-14-25-31(20-7-2-4-9-22(20)34-30(31)38)26(28(36)19-6-1-3-8-21(19)33)27(35(23)25)29(37)24-10-5-15-39-24/h1-16,25-27H,(H,34,38). The number of benzene rings is 3. The van der Waals surface area contributed by atoms with Crippen molar-refractivity contribution in [3.63, 3.8) is 0 Å². The molecule has 1 amide bonds. The first-order valence-corrected chi connectivity index (χ1v) is 14.1. The maximum Gasteiger partial charge on any atom is 0.238 e. The highest BCUT2D eigenvalue weighted by Crippen LogP contribution is 2.58. The molecule has 5 nitrogen and oxygen atoms in total. The molecular weight excluding hydrogens is 551 g/mol. The van der Waals surface area contributed by atoms with Crippen LogP contribution in [0.4, 0.5) is 11.4 Å². The number of hydrogen-bond acceptors (Lipinski definition) is 5. The van der Waals surface area contributed by atoms with Crippen molar-refractivity contribution >= 4 is 69.5 Å². The van der Waals surface area contributed by atoms with Gasteiger partial charge in [0.1, 0.15) is 11.5 Å². The highest BCUT2D eigenvalue weighted by atomic mass is 35.5. The predicted molar refractivity (Wildman–Crippen MR) is 155 cm³/mol. The van der Waals surface area contributed by atoms with Crippen LogP contribution in [0.1, 0.15) is 31.2 Å². The SMILES string of the molecule is O=C(c1cccs1)C1C(C(=O)c2ccccc2Cl)C2(C(=O)Nc3ccccc32)C2C=Cc3cc(Cl)ccc3N12. The molecule has 39 heavy (non-hydrogen) atoms. The van der Waals surface area contributed by atoms with Crippen LogP contribution in [-0.2, 0) is 10.2 Å². The lowest BCUT2D eigenvalue weighted by atomic mass is 9.64. The van der Waals surface area contributed by atoms with Crippen LogP contribution in [0.3, 0.4) is 0 Å². The summed E-state index contributed by atoms with van der Waals surface area (Å²) in [6.07, 6.45) is 3.85. The van der Waals surface area contributed by atoms with Gasteiger partial charge in [-0.1, -0.05) is 71.8 Å². The molecule has 0 aliphatic carbocycles. The van der Waals surface area contributed by atoms with Gasteiger partial charge in [-0.15, -0.1) is 11.3 Å². The number of hydrogen-bond donors (Lipinski definition) is 1. The van der Waals surface area contributed by atoms with Gasteiger partial charge in [-0.3, -0.25) is 14.4 Å². The first-order chi connectivity index (χ1) is 18.9. The summed E-state index contributed by atoms with van der Waals surface area (Å²) in [6.45, 7) is 0. The molecule has 1 spiro atoms. The van der Waals surface area contributed by atoms with Gasteiger partial charge < -0.3 is 10.2 Å². The zero-order chi connectivity index (χ0) is 26.9. The molecule has 1 fully saturated rings. The minimum atomic E-state index is -1.38. The average Bonchev–Trinajstić information content (AvgIpc) is 3.65. The number of fused-ring (bicyclic) bond motifs is 6.